The van der Waals surface area contributed by atoms with E-state index in [1.807, 2.05) is 0 Å². The van der Waals surface area contributed by atoms with Gasteiger partial charge in [0.15, 0.2) is 0 Å². The molecule has 2 unspecified atom stereocenters. The maximum absolute atomic E-state index is 13.0. The van der Waals surface area contributed by atoms with Crippen LogP contribution >= 0.6 is 11.6 Å². The van der Waals surface area contributed by atoms with Gasteiger partial charge in [-0.1, -0.05) is 17.7 Å². The molecule has 1 fully saturated rings. The summed E-state index contributed by atoms with van der Waals surface area (Å²) < 4.78 is 13.0. The van der Waals surface area contributed by atoms with E-state index in [2.05, 4.69) is 19.2 Å². The van der Waals surface area contributed by atoms with E-state index in [0.29, 0.717) is 6.04 Å². The van der Waals surface area contributed by atoms with Crippen LogP contribution in [0.2, 0.25) is 5.02 Å². The van der Waals surface area contributed by atoms with Gasteiger partial charge >= 0.3 is 0 Å². The Labute approximate surface area is 101 Å². The zero-order valence-corrected chi connectivity index (χ0v) is 10.4. The van der Waals surface area contributed by atoms with Gasteiger partial charge in [-0.05, 0) is 50.3 Å². The van der Waals surface area contributed by atoms with Gasteiger partial charge in [0.1, 0.15) is 5.82 Å². The first-order valence-electron chi connectivity index (χ1n) is 5.79. The molecule has 16 heavy (non-hydrogen) atoms. The number of hydrogen-bond donors (Lipinski definition) is 1. The summed E-state index contributed by atoms with van der Waals surface area (Å²) >= 11 is 5.77. The molecule has 0 spiro atoms. The average Bonchev–Trinajstić information content (AvgIpc) is 3.05. The maximum atomic E-state index is 13.0. The van der Waals surface area contributed by atoms with Gasteiger partial charge in [-0.2, -0.15) is 0 Å². The van der Waals surface area contributed by atoms with Crippen molar-refractivity contribution in [3.63, 3.8) is 0 Å². The monoisotopic (exact) mass is 241 g/mol. The summed E-state index contributed by atoms with van der Waals surface area (Å²) in [5.41, 5.74) is 1.04. The fraction of sp³-hybridized carbons (Fsp3) is 0.538. The fourth-order valence-corrected chi connectivity index (χ4v) is 2.19. The number of benzene rings is 1. The largest absolute Gasteiger partial charge is 0.307 e. The molecule has 2 atom stereocenters. The molecule has 0 radical (unpaired) electrons. The first-order chi connectivity index (χ1) is 7.58. The van der Waals surface area contributed by atoms with Gasteiger partial charge < -0.3 is 5.32 Å². The van der Waals surface area contributed by atoms with Crippen LogP contribution in [0.5, 0.6) is 0 Å². The molecule has 1 N–H and O–H groups in total. The molecule has 0 heterocycles. The number of rotatable bonds is 4. The molecule has 1 aliphatic rings. The number of hydrogen-bond acceptors (Lipinski definition) is 1. The van der Waals surface area contributed by atoms with Crippen molar-refractivity contribution in [2.45, 2.75) is 38.8 Å². The topological polar surface area (TPSA) is 12.0 Å². The van der Waals surface area contributed by atoms with Crippen LogP contribution in [0.4, 0.5) is 4.39 Å². The maximum Gasteiger partial charge on any atom is 0.141 e. The summed E-state index contributed by atoms with van der Waals surface area (Å²) in [6.07, 6.45) is 2.65. The van der Waals surface area contributed by atoms with Crippen LogP contribution in [0.25, 0.3) is 0 Å². The minimum Gasteiger partial charge on any atom is -0.307 e. The Kier molecular flexibility index (Phi) is 3.50. The minimum atomic E-state index is -0.354. The predicted molar refractivity (Wildman–Crippen MR) is 65.1 cm³/mol. The molecule has 0 bridgehead atoms. The lowest BCUT2D eigenvalue weighted by molar-refractivity contribution is 0.441. The highest BCUT2D eigenvalue weighted by atomic mass is 35.5. The molecule has 1 nitrogen and oxygen atoms in total. The number of nitrogens with one attached hydrogen (secondary N) is 1. The van der Waals surface area contributed by atoms with Crippen molar-refractivity contribution in [3.05, 3.63) is 34.6 Å². The first-order valence-corrected chi connectivity index (χ1v) is 6.16. The van der Waals surface area contributed by atoms with Crippen molar-refractivity contribution in [3.8, 4) is 0 Å². The molecule has 1 aromatic rings. The molecule has 1 saturated carbocycles. The van der Waals surface area contributed by atoms with Crippen LogP contribution in [-0.4, -0.2) is 6.04 Å². The minimum absolute atomic E-state index is 0.199. The summed E-state index contributed by atoms with van der Waals surface area (Å²) in [6.45, 7) is 4.29. The second-order valence-electron chi connectivity index (χ2n) is 4.69. The van der Waals surface area contributed by atoms with Crippen molar-refractivity contribution in [2.24, 2.45) is 5.92 Å². The fourth-order valence-electron chi connectivity index (χ4n) is 2.00. The van der Waals surface area contributed by atoms with Crippen molar-refractivity contribution in [1.29, 1.82) is 0 Å². The third-order valence-electron chi connectivity index (χ3n) is 3.29. The molecule has 3 heteroatoms. The van der Waals surface area contributed by atoms with E-state index < -0.39 is 0 Å². The van der Waals surface area contributed by atoms with Crippen LogP contribution in [0.1, 0.15) is 38.3 Å². The van der Waals surface area contributed by atoms with Gasteiger partial charge in [0, 0.05) is 12.1 Å². The van der Waals surface area contributed by atoms with Crippen molar-refractivity contribution in [2.75, 3.05) is 0 Å². The highest BCUT2D eigenvalue weighted by Gasteiger charge is 2.28. The summed E-state index contributed by atoms with van der Waals surface area (Å²) in [4.78, 5) is 0. The smallest absolute Gasteiger partial charge is 0.141 e. The highest BCUT2D eigenvalue weighted by Crippen LogP contribution is 2.33. The third-order valence-corrected chi connectivity index (χ3v) is 3.58. The van der Waals surface area contributed by atoms with E-state index in [1.54, 1.807) is 12.1 Å². The highest BCUT2D eigenvalue weighted by molar-refractivity contribution is 6.30. The van der Waals surface area contributed by atoms with Gasteiger partial charge in [0.05, 0.1) is 5.02 Å². The third kappa shape index (κ3) is 2.74. The van der Waals surface area contributed by atoms with Gasteiger partial charge in [-0.15, -0.1) is 0 Å². The summed E-state index contributed by atoms with van der Waals surface area (Å²) in [5.74, 6) is 0.464. The first kappa shape index (κ1) is 11.9. The van der Waals surface area contributed by atoms with E-state index in [4.69, 9.17) is 11.6 Å². The molecule has 1 aromatic carbocycles. The molecule has 88 valence electrons. The van der Waals surface area contributed by atoms with E-state index in [-0.39, 0.29) is 16.9 Å². The molecular weight excluding hydrogens is 225 g/mol. The van der Waals surface area contributed by atoms with Crippen molar-refractivity contribution >= 4 is 11.6 Å². The van der Waals surface area contributed by atoms with E-state index in [1.165, 1.54) is 18.9 Å². The molecule has 0 saturated heterocycles. The molecule has 0 amide bonds. The lowest BCUT2D eigenvalue weighted by atomic mass is 10.1. The molecule has 0 aliphatic heterocycles. The quantitative estimate of drug-likeness (QED) is 0.842. The lowest BCUT2D eigenvalue weighted by Crippen LogP contribution is -2.30. The summed E-state index contributed by atoms with van der Waals surface area (Å²) in [5, 5.41) is 3.72. The zero-order chi connectivity index (χ0) is 11.7. The van der Waals surface area contributed by atoms with Crippen LogP contribution in [0.15, 0.2) is 18.2 Å². The molecule has 2 rings (SSSR count). The van der Waals surface area contributed by atoms with Crippen molar-refractivity contribution in [1.82, 2.24) is 5.32 Å². The van der Waals surface area contributed by atoms with Crippen LogP contribution in [0.3, 0.4) is 0 Å². The van der Waals surface area contributed by atoms with Crippen molar-refractivity contribution < 1.29 is 4.39 Å². The van der Waals surface area contributed by atoms with Crippen LogP contribution in [-0.2, 0) is 0 Å². The van der Waals surface area contributed by atoms with E-state index in [9.17, 15) is 4.39 Å². The second kappa shape index (κ2) is 4.72. The average molecular weight is 242 g/mol. The van der Waals surface area contributed by atoms with E-state index >= 15 is 0 Å². The summed E-state index contributed by atoms with van der Waals surface area (Å²) in [7, 11) is 0. The lowest BCUT2D eigenvalue weighted by Gasteiger charge is -2.20. The zero-order valence-electron chi connectivity index (χ0n) is 9.63. The summed E-state index contributed by atoms with van der Waals surface area (Å²) in [6, 6.07) is 5.66. The Hall–Kier alpha value is -0.600. The van der Waals surface area contributed by atoms with Gasteiger partial charge in [-0.25, -0.2) is 4.39 Å². The number of halogens is 2. The Morgan fingerprint density at radius 3 is 2.62 bits per heavy atom. The van der Waals surface area contributed by atoms with Gasteiger partial charge in [-0.3, -0.25) is 0 Å². The molecular formula is C13H17ClFN. The SMILES string of the molecule is CC(NC(C)C1CC1)c1ccc(F)c(Cl)c1. The van der Waals surface area contributed by atoms with Gasteiger partial charge in [0.2, 0.25) is 0 Å². The second-order valence-corrected chi connectivity index (χ2v) is 5.10. The Balaban J connectivity index is 2.01. The normalized spacial score (nSPS) is 19.5. The van der Waals surface area contributed by atoms with Crippen LogP contribution in [0, 0.1) is 11.7 Å². The standard InChI is InChI=1S/C13H17ClFN/c1-8(10-3-4-10)16-9(2)11-5-6-13(15)12(14)7-11/h5-10,16H,3-4H2,1-2H3. The van der Waals surface area contributed by atoms with E-state index in [0.717, 1.165) is 11.5 Å². The molecule has 1 aliphatic carbocycles. The Morgan fingerprint density at radius 1 is 1.38 bits per heavy atom. The molecule has 0 aromatic heterocycles. The van der Waals surface area contributed by atoms with Gasteiger partial charge in [0.25, 0.3) is 0 Å². The predicted octanol–water partition coefficient (Wildman–Crippen LogP) is 3.93. The Morgan fingerprint density at radius 2 is 2.06 bits per heavy atom. The van der Waals surface area contributed by atoms with Crippen LogP contribution < -0.4 is 5.32 Å². The Bertz CT molecular complexity index is 376.